The maximum Gasteiger partial charge on any atom is 0.408 e. The molecule has 4 N–H and O–H groups in total. The number of rotatable bonds is 20. The van der Waals surface area contributed by atoms with E-state index >= 15 is 0 Å². The van der Waals surface area contributed by atoms with E-state index in [-0.39, 0.29) is 56.6 Å². The summed E-state index contributed by atoms with van der Waals surface area (Å²) in [6, 6.07) is 10.0. The highest BCUT2D eigenvalue weighted by Gasteiger charge is 2.40. The van der Waals surface area contributed by atoms with Crippen molar-refractivity contribution >= 4 is 18.0 Å². The minimum Gasteiger partial charge on any atom is -0.461 e. The van der Waals surface area contributed by atoms with Gasteiger partial charge in [-0.05, 0) is 75.7 Å². The lowest BCUT2D eigenvalue weighted by Gasteiger charge is -2.23. The van der Waals surface area contributed by atoms with Crippen LogP contribution in [-0.2, 0) is 38.7 Å². The van der Waals surface area contributed by atoms with Gasteiger partial charge in [0.25, 0.3) is 0 Å². The zero-order valence-corrected chi connectivity index (χ0v) is 29.3. The Morgan fingerprint density at radius 1 is 1.00 bits per heavy atom. The number of hydrogen-bond acceptors (Lipinski definition) is 10. The molecule has 1 saturated carbocycles. The Bertz CT molecular complexity index is 1530. The molecule has 1 aromatic carbocycles. The number of alkyl carbamates (subject to hydrolysis) is 1. The Balaban J connectivity index is 1.51. The molecule has 0 unspecified atom stereocenters. The molecule has 51 heavy (non-hydrogen) atoms. The zero-order valence-electron chi connectivity index (χ0n) is 29.3. The molecule has 1 aromatic heterocycles. The molecule has 5 atom stereocenters. The van der Waals surface area contributed by atoms with Crippen molar-refractivity contribution in [2.45, 2.75) is 109 Å². The van der Waals surface area contributed by atoms with Gasteiger partial charge in [0, 0.05) is 30.2 Å². The first-order valence-corrected chi connectivity index (χ1v) is 17.5. The molecular formula is C40H50N2O9. The molecule has 274 valence electrons. The maximum atomic E-state index is 12.9. The van der Waals surface area contributed by atoms with Crippen LogP contribution in [0.1, 0.15) is 86.6 Å². The second-order valence-corrected chi connectivity index (χ2v) is 12.7. The second-order valence-electron chi connectivity index (χ2n) is 12.7. The number of ether oxygens (including phenoxy) is 3. The Hall–Kier alpha value is -4.68. The predicted molar refractivity (Wildman–Crippen MR) is 191 cm³/mol. The Morgan fingerprint density at radius 3 is 2.51 bits per heavy atom. The fourth-order valence-electron chi connectivity index (χ4n) is 6.12. The van der Waals surface area contributed by atoms with Crippen molar-refractivity contribution in [2.24, 2.45) is 11.8 Å². The Kier molecular flexibility index (Phi) is 17.7. The number of nitrogens with one attached hydrogen (secondary N) is 1. The zero-order chi connectivity index (χ0) is 37.0. The van der Waals surface area contributed by atoms with Crippen LogP contribution in [0.5, 0.6) is 5.75 Å². The SMILES string of the molecule is C#CCCC(=O)OCc1cnc(C)c(OC(=O)CCC/C=C\C[C@@H]2[C@@H](CC[C@@H](O)CCc3ccccc3)[C@H](O)C[C@@H]2O)c1COC(=O)NCC#C. The first-order valence-electron chi connectivity index (χ1n) is 17.5. The highest BCUT2D eigenvalue weighted by molar-refractivity contribution is 5.73. The first kappa shape index (κ1) is 40.7. The van der Waals surface area contributed by atoms with Gasteiger partial charge in [0.15, 0.2) is 5.75 Å². The van der Waals surface area contributed by atoms with Gasteiger partial charge in [-0.25, -0.2) is 4.79 Å². The van der Waals surface area contributed by atoms with Crippen LogP contribution in [0.15, 0.2) is 48.7 Å². The topological polar surface area (TPSA) is 165 Å². The largest absolute Gasteiger partial charge is 0.461 e. The lowest BCUT2D eigenvalue weighted by atomic mass is 9.85. The monoisotopic (exact) mass is 702 g/mol. The van der Waals surface area contributed by atoms with Gasteiger partial charge < -0.3 is 34.8 Å². The van der Waals surface area contributed by atoms with Crippen molar-refractivity contribution in [1.29, 1.82) is 0 Å². The van der Waals surface area contributed by atoms with Crippen molar-refractivity contribution in [2.75, 3.05) is 6.54 Å². The van der Waals surface area contributed by atoms with E-state index in [1.54, 1.807) is 6.92 Å². The third-order valence-corrected chi connectivity index (χ3v) is 8.96. The fraction of sp³-hybridized carbons (Fsp3) is 0.500. The van der Waals surface area contributed by atoms with Crippen LogP contribution in [0.25, 0.3) is 0 Å². The molecule has 1 aliphatic rings. The average Bonchev–Trinajstić information content (AvgIpc) is 3.40. The van der Waals surface area contributed by atoms with Crippen molar-refractivity contribution in [3.05, 3.63) is 71.1 Å². The minimum absolute atomic E-state index is 0.0341. The number of aromatic nitrogens is 1. The summed E-state index contributed by atoms with van der Waals surface area (Å²) in [5.41, 5.74) is 2.27. The summed E-state index contributed by atoms with van der Waals surface area (Å²) in [5, 5.41) is 34.2. The number of benzene rings is 1. The molecule has 0 spiro atoms. The van der Waals surface area contributed by atoms with Gasteiger partial charge in [0.1, 0.15) is 13.2 Å². The molecule has 1 heterocycles. The molecule has 3 rings (SSSR count). The van der Waals surface area contributed by atoms with Crippen LogP contribution in [0.2, 0.25) is 0 Å². The van der Waals surface area contributed by atoms with Gasteiger partial charge in [-0.2, -0.15) is 0 Å². The third-order valence-electron chi connectivity index (χ3n) is 8.96. The number of esters is 2. The van der Waals surface area contributed by atoms with E-state index < -0.39 is 36.3 Å². The van der Waals surface area contributed by atoms with Gasteiger partial charge in [0.05, 0.1) is 37.0 Å². The molecular weight excluding hydrogens is 652 g/mol. The molecule has 1 amide bonds. The number of aliphatic hydroxyl groups excluding tert-OH is 3. The van der Waals surface area contributed by atoms with Crippen LogP contribution < -0.4 is 10.1 Å². The van der Waals surface area contributed by atoms with E-state index in [0.717, 1.165) is 6.42 Å². The fourth-order valence-corrected chi connectivity index (χ4v) is 6.12. The van der Waals surface area contributed by atoms with Crippen LogP contribution in [0, 0.1) is 43.4 Å². The summed E-state index contributed by atoms with van der Waals surface area (Å²) >= 11 is 0. The summed E-state index contributed by atoms with van der Waals surface area (Å²) in [6.07, 6.45) is 18.3. The molecule has 11 heteroatoms. The summed E-state index contributed by atoms with van der Waals surface area (Å²) in [6.45, 7) is 1.12. The Labute approximate surface area is 300 Å². The number of amides is 1. The number of hydrogen-bond donors (Lipinski definition) is 4. The normalized spacial score (nSPS) is 18.8. The number of allylic oxidation sites excluding steroid dienone is 2. The summed E-state index contributed by atoms with van der Waals surface area (Å²) in [4.78, 5) is 41.3. The number of aryl methyl sites for hydroxylation is 2. The van der Waals surface area contributed by atoms with Crippen LogP contribution >= 0.6 is 0 Å². The summed E-state index contributed by atoms with van der Waals surface area (Å²) in [7, 11) is 0. The van der Waals surface area contributed by atoms with E-state index in [1.807, 2.05) is 42.5 Å². The summed E-state index contributed by atoms with van der Waals surface area (Å²) < 4.78 is 16.3. The van der Waals surface area contributed by atoms with Gasteiger partial charge in [-0.3, -0.25) is 14.6 Å². The highest BCUT2D eigenvalue weighted by Crippen LogP contribution is 2.38. The van der Waals surface area contributed by atoms with Crippen LogP contribution in [-0.4, -0.2) is 63.2 Å². The van der Waals surface area contributed by atoms with Crippen molar-refractivity contribution in [3.8, 4) is 30.4 Å². The van der Waals surface area contributed by atoms with Gasteiger partial charge >= 0.3 is 18.0 Å². The van der Waals surface area contributed by atoms with E-state index in [0.29, 0.717) is 61.8 Å². The molecule has 1 fully saturated rings. The highest BCUT2D eigenvalue weighted by atomic mass is 16.6. The number of carbonyl (C=O) groups is 3. The average molecular weight is 703 g/mol. The number of carbonyl (C=O) groups excluding carboxylic acids is 3. The van der Waals surface area contributed by atoms with Gasteiger partial charge in [-0.1, -0.05) is 48.4 Å². The lowest BCUT2D eigenvalue weighted by molar-refractivity contribution is -0.145. The quantitative estimate of drug-likeness (QED) is 0.0649. The smallest absolute Gasteiger partial charge is 0.408 e. The van der Waals surface area contributed by atoms with Crippen molar-refractivity contribution in [1.82, 2.24) is 10.3 Å². The second kappa shape index (κ2) is 22.2. The number of nitrogens with zero attached hydrogens (tertiary/aromatic N) is 1. The standard InChI is InChI=1S/C40H50N2O9/c1-4-6-17-37(46)49-26-30-25-42-28(3)39(34(30)27-50-40(48)41-23-5-2)51-38(47)18-13-8-7-12-16-32-33(36(45)24-35(32)44)22-21-31(43)20-19-29-14-10-9-11-15-29/h1-2,7,9-12,14-15,25,31-33,35-36,43-45H,6,8,13,16-24,26-27H2,3H3,(H,41,48)/b12-7-/t31-,32+,33+,35-,36+/m0/s1. The number of aliphatic hydroxyl groups is 3. The number of unbranched alkanes of at least 4 members (excludes halogenated alkanes) is 1. The first-order chi connectivity index (χ1) is 24.6. The number of terminal acetylenes is 2. The molecule has 1 aliphatic carbocycles. The Morgan fingerprint density at radius 2 is 1.76 bits per heavy atom. The molecule has 11 nitrogen and oxygen atoms in total. The van der Waals surface area contributed by atoms with Crippen LogP contribution in [0.3, 0.4) is 0 Å². The number of pyridine rings is 1. The minimum atomic E-state index is -0.772. The van der Waals surface area contributed by atoms with Gasteiger partial charge in [-0.15, -0.1) is 18.8 Å². The van der Waals surface area contributed by atoms with E-state index in [1.165, 1.54) is 11.8 Å². The third kappa shape index (κ3) is 14.2. The molecule has 0 radical (unpaired) electrons. The molecule has 0 bridgehead atoms. The maximum absolute atomic E-state index is 12.9. The van der Waals surface area contributed by atoms with E-state index in [9.17, 15) is 29.7 Å². The van der Waals surface area contributed by atoms with Crippen LogP contribution in [0.4, 0.5) is 4.79 Å². The van der Waals surface area contributed by atoms with Gasteiger partial charge in [0.2, 0.25) is 0 Å². The lowest BCUT2D eigenvalue weighted by Crippen LogP contribution is -2.25. The van der Waals surface area contributed by atoms with Crippen molar-refractivity contribution in [3.63, 3.8) is 0 Å². The molecule has 0 aliphatic heterocycles. The molecule has 2 aromatic rings. The van der Waals surface area contributed by atoms with E-state index in [2.05, 4.69) is 22.1 Å². The summed E-state index contributed by atoms with van der Waals surface area (Å²) in [5.74, 6) is 3.51. The predicted octanol–water partition coefficient (Wildman–Crippen LogP) is 4.86. The molecule has 0 saturated heterocycles. The van der Waals surface area contributed by atoms with E-state index in [4.69, 9.17) is 27.1 Å². The van der Waals surface area contributed by atoms with Crippen molar-refractivity contribution < 1.29 is 43.9 Å².